The average Bonchev–Trinajstić information content (AvgIpc) is 2.23. The number of hydrogen-bond donors (Lipinski definition) is 3. The van der Waals surface area contributed by atoms with E-state index in [2.05, 4.69) is 16.0 Å². The fourth-order valence-corrected chi connectivity index (χ4v) is 1.54. The van der Waals surface area contributed by atoms with Crippen molar-refractivity contribution < 1.29 is 4.79 Å². The Balaban J connectivity index is 1.73. The van der Waals surface area contributed by atoms with Gasteiger partial charge in [-0.25, -0.2) is 4.79 Å². The third-order valence-electron chi connectivity index (χ3n) is 2.48. The highest BCUT2D eigenvalue weighted by Gasteiger charge is 2.18. The van der Waals surface area contributed by atoms with Crippen LogP contribution in [0.1, 0.15) is 5.56 Å². The number of benzene rings is 1. The van der Waals surface area contributed by atoms with Gasteiger partial charge in [0.1, 0.15) is 0 Å². The van der Waals surface area contributed by atoms with Crippen molar-refractivity contribution in [3.8, 4) is 0 Å². The maximum atomic E-state index is 11.4. The molecule has 1 heterocycles. The molecule has 1 fully saturated rings. The van der Waals surface area contributed by atoms with Crippen LogP contribution in [-0.4, -0.2) is 25.2 Å². The molecule has 1 aliphatic heterocycles. The zero-order chi connectivity index (χ0) is 11.4. The second-order valence-electron chi connectivity index (χ2n) is 3.81. The predicted octanol–water partition coefficient (Wildman–Crippen LogP) is 1.11. The van der Waals surface area contributed by atoms with E-state index >= 15 is 0 Å². The molecule has 0 aliphatic carbocycles. The molecule has 3 N–H and O–H groups in total. The van der Waals surface area contributed by atoms with E-state index in [1.54, 1.807) is 0 Å². The van der Waals surface area contributed by atoms with E-state index in [1.165, 1.54) is 0 Å². The van der Waals surface area contributed by atoms with E-state index in [0.29, 0.717) is 11.6 Å². The molecule has 0 bridgehead atoms. The number of nitrogens with one attached hydrogen (secondary N) is 3. The number of carbonyl (C=O) groups is 1. The van der Waals surface area contributed by atoms with Crippen molar-refractivity contribution in [1.29, 1.82) is 0 Å². The minimum absolute atomic E-state index is 0.124. The number of amides is 2. The fraction of sp³-hybridized carbons (Fsp3) is 0.364. The molecule has 2 rings (SSSR count). The van der Waals surface area contributed by atoms with Gasteiger partial charge in [-0.3, -0.25) is 0 Å². The van der Waals surface area contributed by atoms with E-state index in [4.69, 9.17) is 11.6 Å². The minimum Gasteiger partial charge on any atom is -0.334 e. The summed E-state index contributed by atoms with van der Waals surface area (Å²) >= 11 is 5.76. The topological polar surface area (TPSA) is 53.2 Å². The monoisotopic (exact) mass is 239 g/mol. The van der Waals surface area contributed by atoms with E-state index in [0.717, 1.165) is 18.7 Å². The van der Waals surface area contributed by atoms with Crippen molar-refractivity contribution in [2.75, 3.05) is 13.1 Å². The van der Waals surface area contributed by atoms with Gasteiger partial charge in [-0.15, -0.1) is 0 Å². The van der Waals surface area contributed by atoms with Gasteiger partial charge in [0, 0.05) is 24.7 Å². The zero-order valence-corrected chi connectivity index (χ0v) is 9.55. The summed E-state index contributed by atoms with van der Waals surface area (Å²) in [5.41, 5.74) is 1.03. The van der Waals surface area contributed by atoms with E-state index < -0.39 is 0 Å². The molecule has 1 aliphatic rings. The molecule has 4 nitrogen and oxygen atoms in total. The lowest BCUT2D eigenvalue weighted by atomic mass is 10.2. The van der Waals surface area contributed by atoms with Crippen molar-refractivity contribution in [3.05, 3.63) is 34.9 Å². The van der Waals surface area contributed by atoms with E-state index in [1.807, 2.05) is 24.3 Å². The van der Waals surface area contributed by atoms with Crippen LogP contribution in [-0.2, 0) is 6.54 Å². The lowest BCUT2D eigenvalue weighted by Crippen LogP contribution is -2.58. The predicted molar refractivity (Wildman–Crippen MR) is 63.5 cm³/mol. The van der Waals surface area contributed by atoms with Gasteiger partial charge >= 0.3 is 6.03 Å². The van der Waals surface area contributed by atoms with Crippen molar-refractivity contribution in [2.45, 2.75) is 12.6 Å². The van der Waals surface area contributed by atoms with Crippen molar-refractivity contribution in [1.82, 2.24) is 16.0 Å². The Labute approximate surface area is 99.4 Å². The van der Waals surface area contributed by atoms with Crippen LogP contribution in [0.25, 0.3) is 0 Å². The van der Waals surface area contributed by atoms with E-state index in [9.17, 15) is 4.79 Å². The summed E-state index contributed by atoms with van der Waals surface area (Å²) in [6, 6.07) is 7.56. The summed E-state index contributed by atoms with van der Waals surface area (Å²) < 4.78 is 0. The van der Waals surface area contributed by atoms with Crippen molar-refractivity contribution in [3.63, 3.8) is 0 Å². The largest absolute Gasteiger partial charge is 0.334 e. The first kappa shape index (κ1) is 11.2. The maximum absolute atomic E-state index is 11.4. The SMILES string of the molecule is O=C(NCc1ccc(Cl)cc1)NC1CNC1. The van der Waals surface area contributed by atoms with Crippen LogP contribution >= 0.6 is 11.6 Å². The normalized spacial score (nSPS) is 15.3. The number of halogens is 1. The highest BCUT2D eigenvalue weighted by atomic mass is 35.5. The molecular formula is C11H14ClN3O. The van der Waals surface area contributed by atoms with Gasteiger partial charge in [-0.1, -0.05) is 23.7 Å². The minimum atomic E-state index is -0.124. The highest BCUT2D eigenvalue weighted by Crippen LogP contribution is 2.08. The molecule has 0 unspecified atom stereocenters. The Morgan fingerprint density at radius 2 is 2.06 bits per heavy atom. The van der Waals surface area contributed by atoms with Crippen LogP contribution in [0.15, 0.2) is 24.3 Å². The van der Waals surface area contributed by atoms with Gasteiger partial charge in [0.25, 0.3) is 0 Å². The highest BCUT2D eigenvalue weighted by molar-refractivity contribution is 6.30. The van der Waals surface area contributed by atoms with Gasteiger partial charge in [-0.05, 0) is 17.7 Å². The van der Waals surface area contributed by atoms with Crippen molar-refractivity contribution >= 4 is 17.6 Å². The Morgan fingerprint density at radius 1 is 1.38 bits per heavy atom. The van der Waals surface area contributed by atoms with Gasteiger partial charge in [0.2, 0.25) is 0 Å². The summed E-state index contributed by atoms with van der Waals surface area (Å²) in [6.45, 7) is 2.23. The van der Waals surface area contributed by atoms with Gasteiger partial charge in [0.15, 0.2) is 0 Å². The molecule has 0 spiro atoms. The molecule has 16 heavy (non-hydrogen) atoms. The third kappa shape index (κ3) is 3.12. The Morgan fingerprint density at radius 3 is 2.62 bits per heavy atom. The second kappa shape index (κ2) is 5.18. The summed E-state index contributed by atoms with van der Waals surface area (Å²) in [4.78, 5) is 11.4. The average molecular weight is 240 g/mol. The molecule has 0 aromatic heterocycles. The molecule has 0 saturated carbocycles. The number of urea groups is 1. The quantitative estimate of drug-likeness (QED) is 0.740. The molecule has 2 amide bonds. The molecule has 0 radical (unpaired) electrons. The number of rotatable bonds is 3. The lowest BCUT2D eigenvalue weighted by Gasteiger charge is -2.27. The van der Waals surface area contributed by atoms with Gasteiger partial charge in [-0.2, -0.15) is 0 Å². The number of carbonyl (C=O) groups excluding carboxylic acids is 1. The van der Waals surface area contributed by atoms with Crippen LogP contribution in [0.4, 0.5) is 4.79 Å². The van der Waals surface area contributed by atoms with Gasteiger partial charge < -0.3 is 16.0 Å². The number of hydrogen-bond acceptors (Lipinski definition) is 2. The molecule has 86 valence electrons. The smallest absolute Gasteiger partial charge is 0.315 e. The van der Waals surface area contributed by atoms with Crippen LogP contribution in [0.5, 0.6) is 0 Å². The molecule has 1 aromatic rings. The summed E-state index contributed by atoms with van der Waals surface area (Å²) in [6.07, 6.45) is 0. The lowest BCUT2D eigenvalue weighted by molar-refractivity contribution is 0.231. The Bertz CT molecular complexity index is 362. The fourth-order valence-electron chi connectivity index (χ4n) is 1.41. The zero-order valence-electron chi connectivity index (χ0n) is 8.79. The molecule has 1 aromatic carbocycles. The summed E-state index contributed by atoms with van der Waals surface area (Å²) in [5.74, 6) is 0. The first-order valence-electron chi connectivity index (χ1n) is 5.23. The van der Waals surface area contributed by atoms with Crippen LogP contribution in [0.2, 0.25) is 5.02 Å². The maximum Gasteiger partial charge on any atom is 0.315 e. The molecule has 5 heteroatoms. The summed E-state index contributed by atoms with van der Waals surface area (Å²) in [7, 11) is 0. The van der Waals surface area contributed by atoms with Gasteiger partial charge in [0.05, 0.1) is 6.04 Å². The first-order valence-corrected chi connectivity index (χ1v) is 5.61. The molecule has 1 saturated heterocycles. The van der Waals surface area contributed by atoms with Crippen molar-refractivity contribution in [2.24, 2.45) is 0 Å². The molecule has 0 atom stereocenters. The van der Waals surface area contributed by atoms with Crippen LogP contribution in [0.3, 0.4) is 0 Å². The standard InChI is InChI=1S/C11H14ClN3O/c12-9-3-1-8(2-4-9)5-14-11(16)15-10-6-13-7-10/h1-4,10,13H,5-7H2,(H2,14,15,16). The Kier molecular flexibility index (Phi) is 3.64. The Hall–Kier alpha value is -1.26. The third-order valence-corrected chi connectivity index (χ3v) is 2.73. The van der Waals surface area contributed by atoms with Crippen LogP contribution in [0, 0.1) is 0 Å². The second-order valence-corrected chi connectivity index (χ2v) is 4.25. The first-order chi connectivity index (χ1) is 7.74. The van der Waals surface area contributed by atoms with E-state index in [-0.39, 0.29) is 12.1 Å². The van der Waals surface area contributed by atoms with Crippen LogP contribution < -0.4 is 16.0 Å². The molecular weight excluding hydrogens is 226 g/mol. The summed E-state index contributed by atoms with van der Waals surface area (Å²) in [5, 5.41) is 9.45.